The lowest BCUT2D eigenvalue weighted by atomic mass is 10.3. The Bertz CT molecular complexity index is 979. The second-order valence-corrected chi connectivity index (χ2v) is 7.86. The van der Waals surface area contributed by atoms with E-state index in [2.05, 4.69) is 15.0 Å². The standard InChI is InChI=1S/C17H18N2O7S2/c1-4-26-15(20)13-10-27-17(19-13)18-9-14(16(21)25-3)28(22,23)12-7-5-11(24-2)6-8-12/h5-10H,4H2,1-3H3,(H,18,19). The largest absolute Gasteiger partial charge is 0.497 e. The highest BCUT2D eigenvalue weighted by Gasteiger charge is 2.28. The second kappa shape index (κ2) is 9.33. The van der Waals surface area contributed by atoms with Crippen molar-refractivity contribution in [2.45, 2.75) is 11.8 Å². The molecule has 1 N–H and O–H groups in total. The number of sulfone groups is 1. The van der Waals surface area contributed by atoms with Gasteiger partial charge in [0.05, 0.1) is 25.7 Å². The van der Waals surface area contributed by atoms with Crippen LogP contribution in [0, 0.1) is 0 Å². The van der Waals surface area contributed by atoms with Crippen LogP contribution in [0.15, 0.2) is 45.6 Å². The fraction of sp³-hybridized carbons (Fsp3) is 0.235. The zero-order chi connectivity index (χ0) is 20.7. The Labute approximate surface area is 165 Å². The topological polar surface area (TPSA) is 121 Å². The Kier molecular flexibility index (Phi) is 7.12. The number of carbonyl (C=O) groups excluding carboxylic acids is 2. The summed E-state index contributed by atoms with van der Waals surface area (Å²) in [6.07, 6.45) is 0.971. The summed E-state index contributed by atoms with van der Waals surface area (Å²) in [4.78, 5) is 27.0. The van der Waals surface area contributed by atoms with Gasteiger partial charge >= 0.3 is 11.9 Å². The van der Waals surface area contributed by atoms with Gasteiger partial charge in [-0.25, -0.2) is 23.0 Å². The van der Waals surface area contributed by atoms with Crippen LogP contribution in [0.1, 0.15) is 17.4 Å². The van der Waals surface area contributed by atoms with Gasteiger partial charge in [-0.2, -0.15) is 0 Å². The molecule has 0 saturated heterocycles. The second-order valence-electron chi connectivity index (χ2n) is 5.08. The van der Waals surface area contributed by atoms with Crippen molar-refractivity contribution in [1.82, 2.24) is 4.98 Å². The van der Waals surface area contributed by atoms with E-state index in [0.29, 0.717) is 5.75 Å². The van der Waals surface area contributed by atoms with E-state index < -0.39 is 26.7 Å². The predicted molar refractivity (Wildman–Crippen MR) is 102 cm³/mol. The minimum Gasteiger partial charge on any atom is -0.497 e. The Hall–Kier alpha value is -2.92. The molecule has 1 heterocycles. The third-order valence-electron chi connectivity index (χ3n) is 3.36. The summed E-state index contributed by atoms with van der Waals surface area (Å²) in [6, 6.07) is 5.55. The monoisotopic (exact) mass is 426 g/mol. The lowest BCUT2D eigenvalue weighted by Crippen LogP contribution is -2.17. The molecule has 0 bridgehead atoms. The fourth-order valence-electron chi connectivity index (χ4n) is 1.99. The van der Waals surface area contributed by atoms with E-state index in [4.69, 9.17) is 9.47 Å². The summed E-state index contributed by atoms with van der Waals surface area (Å²) in [7, 11) is -1.65. The maximum Gasteiger partial charge on any atom is 0.357 e. The minimum atomic E-state index is -4.17. The summed E-state index contributed by atoms with van der Waals surface area (Å²) in [6.45, 7) is 1.87. The highest BCUT2D eigenvalue weighted by molar-refractivity contribution is 7.96. The Morgan fingerprint density at radius 3 is 2.46 bits per heavy atom. The molecule has 2 rings (SSSR count). The van der Waals surface area contributed by atoms with Crippen molar-refractivity contribution in [1.29, 1.82) is 0 Å². The highest BCUT2D eigenvalue weighted by atomic mass is 32.2. The maximum atomic E-state index is 12.8. The number of thiazole rings is 1. The normalized spacial score (nSPS) is 11.6. The van der Waals surface area contributed by atoms with E-state index in [9.17, 15) is 18.0 Å². The van der Waals surface area contributed by atoms with Gasteiger partial charge in [0, 0.05) is 11.6 Å². The third kappa shape index (κ3) is 4.87. The van der Waals surface area contributed by atoms with Gasteiger partial charge in [0.25, 0.3) is 0 Å². The van der Waals surface area contributed by atoms with Gasteiger partial charge in [0.15, 0.2) is 15.7 Å². The van der Waals surface area contributed by atoms with Crippen molar-refractivity contribution >= 4 is 38.2 Å². The number of benzene rings is 1. The van der Waals surface area contributed by atoms with Crippen LogP contribution in [-0.4, -0.2) is 46.2 Å². The Morgan fingerprint density at radius 2 is 1.89 bits per heavy atom. The van der Waals surface area contributed by atoms with Gasteiger partial charge in [-0.1, -0.05) is 0 Å². The van der Waals surface area contributed by atoms with Crippen molar-refractivity contribution in [3.05, 3.63) is 46.4 Å². The van der Waals surface area contributed by atoms with E-state index in [-0.39, 0.29) is 22.3 Å². The van der Waals surface area contributed by atoms with Gasteiger partial charge in [-0.3, -0.25) is 0 Å². The van der Waals surface area contributed by atoms with Crippen LogP contribution in [0.4, 0.5) is 5.13 Å². The number of anilines is 1. The van der Waals surface area contributed by atoms with Crippen molar-refractivity contribution in [3.8, 4) is 5.75 Å². The number of aromatic nitrogens is 1. The molecule has 1 aromatic heterocycles. The van der Waals surface area contributed by atoms with E-state index in [1.54, 1.807) is 6.92 Å². The average molecular weight is 426 g/mol. The first-order valence-electron chi connectivity index (χ1n) is 7.90. The summed E-state index contributed by atoms with van der Waals surface area (Å²) >= 11 is 1.05. The lowest BCUT2D eigenvalue weighted by molar-refractivity contribution is -0.135. The van der Waals surface area contributed by atoms with Crippen LogP contribution in [0.2, 0.25) is 0 Å². The van der Waals surface area contributed by atoms with Crippen molar-refractivity contribution in [2.75, 3.05) is 26.1 Å². The smallest absolute Gasteiger partial charge is 0.357 e. The Balaban J connectivity index is 2.32. The van der Waals surface area contributed by atoms with E-state index >= 15 is 0 Å². The Morgan fingerprint density at radius 1 is 1.21 bits per heavy atom. The molecule has 0 unspecified atom stereocenters. The molecule has 150 valence electrons. The molecule has 0 aliphatic rings. The zero-order valence-corrected chi connectivity index (χ0v) is 16.9. The molecule has 0 atom stereocenters. The van der Waals surface area contributed by atoms with Crippen molar-refractivity contribution < 1.29 is 32.2 Å². The molecule has 0 fully saturated rings. The molecule has 1 aromatic carbocycles. The number of carbonyl (C=O) groups is 2. The number of rotatable bonds is 8. The van der Waals surface area contributed by atoms with Crippen LogP contribution in [0.3, 0.4) is 0 Å². The van der Waals surface area contributed by atoms with Gasteiger partial charge in [-0.05, 0) is 31.2 Å². The molecule has 0 spiro atoms. The van der Waals surface area contributed by atoms with Gasteiger partial charge in [-0.15, -0.1) is 11.3 Å². The molecule has 0 saturated carbocycles. The molecule has 9 nitrogen and oxygen atoms in total. The van der Waals surface area contributed by atoms with Gasteiger partial charge < -0.3 is 19.5 Å². The quantitative estimate of drug-likeness (QED) is 0.500. The predicted octanol–water partition coefficient (Wildman–Crippen LogP) is 2.23. The number of esters is 2. The van der Waals surface area contributed by atoms with E-state index in [0.717, 1.165) is 24.6 Å². The van der Waals surface area contributed by atoms with Crippen molar-refractivity contribution in [3.63, 3.8) is 0 Å². The maximum absolute atomic E-state index is 12.8. The molecule has 2 aromatic rings. The number of hydrogen-bond donors (Lipinski definition) is 1. The molecule has 0 radical (unpaired) electrons. The third-order valence-corrected chi connectivity index (χ3v) is 5.89. The lowest BCUT2D eigenvalue weighted by Gasteiger charge is -2.08. The summed E-state index contributed by atoms with van der Waals surface area (Å²) in [5.74, 6) is -1.18. The molecule has 0 amide bonds. The number of methoxy groups -OCH3 is 2. The van der Waals surface area contributed by atoms with E-state index in [1.165, 1.54) is 36.8 Å². The average Bonchev–Trinajstić information content (AvgIpc) is 3.17. The van der Waals surface area contributed by atoms with Crippen LogP contribution in [0.5, 0.6) is 5.75 Å². The van der Waals surface area contributed by atoms with Crippen LogP contribution >= 0.6 is 11.3 Å². The van der Waals surface area contributed by atoms with Gasteiger partial charge in [0.1, 0.15) is 5.75 Å². The molecule has 28 heavy (non-hydrogen) atoms. The number of hydrogen-bond acceptors (Lipinski definition) is 10. The molecular formula is C17H18N2O7S2. The van der Waals surface area contributed by atoms with Crippen LogP contribution < -0.4 is 10.1 Å². The number of nitrogens with zero attached hydrogens (tertiary/aromatic N) is 1. The van der Waals surface area contributed by atoms with E-state index in [1.807, 2.05) is 0 Å². The first-order valence-corrected chi connectivity index (χ1v) is 10.3. The van der Waals surface area contributed by atoms with Gasteiger partial charge in [0.2, 0.25) is 9.84 Å². The molecular weight excluding hydrogens is 408 g/mol. The first-order chi connectivity index (χ1) is 13.3. The highest BCUT2D eigenvalue weighted by Crippen LogP contribution is 2.24. The summed E-state index contributed by atoms with van der Waals surface area (Å²) in [5.41, 5.74) is 0.0698. The van der Waals surface area contributed by atoms with Crippen molar-refractivity contribution in [2.24, 2.45) is 0 Å². The summed E-state index contributed by atoms with van der Waals surface area (Å²) < 4.78 is 40.0. The van der Waals surface area contributed by atoms with Crippen LogP contribution in [0.25, 0.3) is 0 Å². The number of nitrogens with one attached hydrogen (secondary N) is 1. The van der Waals surface area contributed by atoms with Crippen LogP contribution in [-0.2, 0) is 24.1 Å². The zero-order valence-electron chi connectivity index (χ0n) is 15.3. The summed E-state index contributed by atoms with van der Waals surface area (Å²) in [5, 5.41) is 4.26. The SMILES string of the molecule is CCOC(=O)c1csc(NC=C(C(=O)OC)S(=O)(=O)c2ccc(OC)cc2)n1. The molecule has 0 aliphatic heterocycles. The first kappa shape index (κ1) is 21.4. The minimum absolute atomic E-state index is 0.0698. The number of ether oxygens (including phenoxy) is 3. The molecule has 11 heteroatoms. The molecule has 0 aliphatic carbocycles. The fourth-order valence-corrected chi connectivity index (χ4v) is 3.91.